The highest BCUT2D eigenvalue weighted by Crippen LogP contribution is 2.32. The molecule has 2 aromatic rings. The second-order valence-corrected chi connectivity index (χ2v) is 7.85. The van der Waals surface area contributed by atoms with Gasteiger partial charge in [0, 0.05) is 36.8 Å². The summed E-state index contributed by atoms with van der Waals surface area (Å²) in [6, 6.07) is 8.17. The molecule has 0 radical (unpaired) electrons. The van der Waals surface area contributed by atoms with Gasteiger partial charge in [0.1, 0.15) is 11.4 Å². The quantitative estimate of drug-likeness (QED) is 0.556. The standard InChI is InChI=1S/C21H24N4O5/c1-13-2-7-19(30-13)21(27)23-16-8-10-24(11-9-16)17-6-3-14(12-18(17)25(28)29)20(26)22-15-4-5-15/h2-3,6-7,12,15-16H,4-5,8-11H2,1H3,(H,22,26)(H,23,27). The molecular formula is C21H24N4O5. The first-order valence-electron chi connectivity index (χ1n) is 10.1. The number of nitro benzene ring substituents is 1. The number of nitro groups is 1. The third-order valence-electron chi connectivity index (χ3n) is 5.48. The van der Waals surface area contributed by atoms with Crippen molar-refractivity contribution in [2.24, 2.45) is 0 Å². The van der Waals surface area contributed by atoms with Crippen LogP contribution in [0, 0.1) is 17.0 Å². The maximum absolute atomic E-state index is 12.3. The molecule has 30 heavy (non-hydrogen) atoms. The zero-order chi connectivity index (χ0) is 21.3. The van der Waals surface area contributed by atoms with Gasteiger partial charge in [0.15, 0.2) is 5.76 Å². The number of nitrogens with zero attached hydrogens (tertiary/aromatic N) is 2. The molecule has 2 aliphatic rings. The SMILES string of the molecule is Cc1ccc(C(=O)NC2CCN(c3ccc(C(=O)NC4CC4)cc3[N+](=O)[O-])CC2)o1. The van der Waals surface area contributed by atoms with Crippen molar-refractivity contribution in [3.05, 3.63) is 57.5 Å². The molecule has 1 aliphatic carbocycles. The summed E-state index contributed by atoms with van der Waals surface area (Å²) in [4.78, 5) is 37.6. The molecular weight excluding hydrogens is 388 g/mol. The van der Waals surface area contributed by atoms with Crippen LogP contribution in [0.3, 0.4) is 0 Å². The van der Waals surface area contributed by atoms with E-state index in [2.05, 4.69) is 10.6 Å². The fourth-order valence-electron chi connectivity index (χ4n) is 3.65. The topological polar surface area (TPSA) is 118 Å². The number of carbonyl (C=O) groups excluding carboxylic acids is 2. The van der Waals surface area contributed by atoms with E-state index in [-0.39, 0.29) is 35.3 Å². The first-order chi connectivity index (χ1) is 14.4. The van der Waals surface area contributed by atoms with Gasteiger partial charge < -0.3 is 20.0 Å². The third kappa shape index (κ3) is 4.45. The van der Waals surface area contributed by atoms with E-state index in [1.54, 1.807) is 31.2 Å². The Morgan fingerprint density at radius 3 is 2.30 bits per heavy atom. The molecule has 9 heteroatoms. The largest absolute Gasteiger partial charge is 0.456 e. The number of aryl methyl sites for hydroxylation is 1. The number of anilines is 1. The van der Waals surface area contributed by atoms with Crippen LogP contribution in [0.4, 0.5) is 11.4 Å². The Hall–Kier alpha value is -3.36. The zero-order valence-corrected chi connectivity index (χ0v) is 16.7. The third-order valence-corrected chi connectivity index (χ3v) is 5.48. The van der Waals surface area contributed by atoms with Crippen LogP contribution in [0.15, 0.2) is 34.7 Å². The van der Waals surface area contributed by atoms with Crippen molar-refractivity contribution in [2.45, 2.75) is 44.7 Å². The fraction of sp³-hybridized carbons (Fsp3) is 0.429. The van der Waals surface area contributed by atoms with Crippen molar-refractivity contribution in [1.29, 1.82) is 0 Å². The number of furan rings is 1. The molecule has 1 saturated carbocycles. The molecule has 4 rings (SSSR count). The number of hydrogen-bond acceptors (Lipinski definition) is 6. The summed E-state index contributed by atoms with van der Waals surface area (Å²) in [6.45, 7) is 2.91. The highest BCUT2D eigenvalue weighted by Gasteiger charge is 2.28. The predicted octanol–water partition coefficient (Wildman–Crippen LogP) is 2.79. The minimum absolute atomic E-state index is 0.0261. The highest BCUT2D eigenvalue weighted by atomic mass is 16.6. The molecule has 2 amide bonds. The average Bonchev–Trinajstić information content (AvgIpc) is 3.44. The lowest BCUT2D eigenvalue weighted by Gasteiger charge is -2.33. The summed E-state index contributed by atoms with van der Waals surface area (Å²) in [7, 11) is 0. The summed E-state index contributed by atoms with van der Waals surface area (Å²) in [5.41, 5.74) is 0.717. The van der Waals surface area contributed by atoms with Gasteiger partial charge in [-0.2, -0.15) is 0 Å². The number of rotatable bonds is 6. The van der Waals surface area contributed by atoms with Gasteiger partial charge in [-0.1, -0.05) is 0 Å². The van der Waals surface area contributed by atoms with Crippen LogP contribution in [-0.4, -0.2) is 41.9 Å². The Morgan fingerprint density at radius 2 is 1.70 bits per heavy atom. The summed E-state index contributed by atoms with van der Waals surface area (Å²) < 4.78 is 5.35. The molecule has 0 atom stereocenters. The van der Waals surface area contributed by atoms with Crippen LogP contribution >= 0.6 is 0 Å². The predicted molar refractivity (Wildman–Crippen MR) is 110 cm³/mol. The lowest BCUT2D eigenvalue weighted by molar-refractivity contribution is -0.384. The van der Waals surface area contributed by atoms with Gasteiger partial charge in [0.2, 0.25) is 0 Å². The van der Waals surface area contributed by atoms with Crippen molar-refractivity contribution in [3.63, 3.8) is 0 Å². The number of amides is 2. The number of nitrogens with one attached hydrogen (secondary N) is 2. The molecule has 1 aliphatic heterocycles. The monoisotopic (exact) mass is 412 g/mol. The van der Waals surface area contributed by atoms with E-state index in [0.717, 1.165) is 12.8 Å². The van der Waals surface area contributed by atoms with Gasteiger partial charge in [-0.25, -0.2) is 0 Å². The second-order valence-electron chi connectivity index (χ2n) is 7.85. The van der Waals surface area contributed by atoms with E-state index >= 15 is 0 Å². The molecule has 158 valence electrons. The van der Waals surface area contributed by atoms with Crippen LogP contribution in [-0.2, 0) is 0 Å². The van der Waals surface area contributed by atoms with Crippen LogP contribution in [0.25, 0.3) is 0 Å². The summed E-state index contributed by atoms with van der Waals surface area (Å²) >= 11 is 0. The molecule has 2 fully saturated rings. The maximum Gasteiger partial charge on any atom is 0.293 e. The number of carbonyl (C=O) groups is 2. The number of piperidine rings is 1. The first-order valence-corrected chi connectivity index (χ1v) is 10.1. The highest BCUT2D eigenvalue weighted by molar-refractivity contribution is 5.96. The smallest absolute Gasteiger partial charge is 0.293 e. The van der Waals surface area contributed by atoms with Gasteiger partial charge in [-0.15, -0.1) is 0 Å². The molecule has 1 aromatic carbocycles. The van der Waals surface area contributed by atoms with E-state index in [0.29, 0.717) is 42.9 Å². The molecule has 9 nitrogen and oxygen atoms in total. The van der Waals surface area contributed by atoms with E-state index in [1.807, 2.05) is 4.90 Å². The van der Waals surface area contributed by atoms with Crippen molar-refractivity contribution in [3.8, 4) is 0 Å². The van der Waals surface area contributed by atoms with Crippen molar-refractivity contribution < 1.29 is 18.9 Å². The second kappa shape index (κ2) is 8.17. The lowest BCUT2D eigenvalue weighted by Crippen LogP contribution is -2.44. The van der Waals surface area contributed by atoms with Crippen LogP contribution in [0.5, 0.6) is 0 Å². The van der Waals surface area contributed by atoms with Crippen molar-refractivity contribution in [2.75, 3.05) is 18.0 Å². The Morgan fingerprint density at radius 1 is 1.03 bits per heavy atom. The van der Waals surface area contributed by atoms with Crippen molar-refractivity contribution >= 4 is 23.2 Å². The summed E-state index contributed by atoms with van der Waals surface area (Å²) in [5.74, 6) is 0.433. The molecule has 0 spiro atoms. The molecule has 1 saturated heterocycles. The molecule has 2 N–H and O–H groups in total. The first kappa shape index (κ1) is 19.9. The summed E-state index contributed by atoms with van der Waals surface area (Å²) in [6.07, 6.45) is 3.23. The molecule has 1 aromatic heterocycles. The van der Waals surface area contributed by atoms with E-state index in [4.69, 9.17) is 4.42 Å². The molecule has 0 unspecified atom stereocenters. The minimum atomic E-state index is -0.448. The Balaban J connectivity index is 1.40. The van der Waals surface area contributed by atoms with Gasteiger partial charge in [-0.05, 0) is 56.9 Å². The normalized spacial score (nSPS) is 16.9. The Kier molecular flexibility index (Phi) is 5.43. The van der Waals surface area contributed by atoms with Crippen molar-refractivity contribution in [1.82, 2.24) is 10.6 Å². The average molecular weight is 412 g/mol. The summed E-state index contributed by atoms with van der Waals surface area (Å²) in [5, 5.41) is 17.4. The van der Waals surface area contributed by atoms with E-state index in [1.165, 1.54) is 6.07 Å². The lowest BCUT2D eigenvalue weighted by atomic mass is 10.0. The van der Waals surface area contributed by atoms with Crippen LogP contribution in [0.1, 0.15) is 52.4 Å². The van der Waals surface area contributed by atoms with Gasteiger partial charge >= 0.3 is 0 Å². The van der Waals surface area contributed by atoms with E-state index in [9.17, 15) is 19.7 Å². The Labute approximate surface area is 173 Å². The van der Waals surface area contributed by atoms with E-state index < -0.39 is 4.92 Å². The Bertz CT molecular complexity index is 974. The minimum Gasteiger partial charge on any atom is -0.456 e. The fourth-order valence-corrected chi connectivity index (χ4v) is 3.65. The zero-order valence-electron chi connectivity index (χ0n) is 16.7. The van der Waals surface area contributed by atoms with Gasteiger partial charge in [0.25, 0.3) is 17.5 Å². The molecule has 2 heterocycles. The molecule has 0 bridgehead atoms. The maximum atomic E-state index is 12.3. The van der Waals surface area contributed by atoms with Crippen LogP contribution < -0.4 is 15.5 Å². The van der Waals surface area contributed by atoms with Crippen LogP contribution in [0.2, 0.25) is 0 Å². The number of hydrogen-bond donors (Lipinski definition) is 2. The number of benzene rings is 1. The van der Waals surface area contributed by atoms with Gasteiger partial charge in [-0.3, -0.25) is 19.7 Å². The van der Waals surface area contributed by atoms with Gasteiger partial charge in [0.05, 0.1) is 4.92 Å².